The summed E-state index contributed by atoms with van der Waals surface area (Å²) < 4.78 is 5.41. The molecule has 0 bridgehead atoms. The van der Waals surface area contributed by atoms with Gasteiger partial charge in [-0.05, 0) is 32.4 Å². The molecule has 0 aliphatic carbocycles. The van der Waals surface area contributed by atoms with Crippen LogP contribution in [0.2, 0.25) is 10.3 Å². The number of anilines is 1. The van der Waals surface area contributed by atoms with Gasteiger partial charge in [0.25, 0.3) is 0 Å². The average molecular weight is 388 g/mol. The van der Waals surface area contributed by atoms with Gasteiger partial charge in [-0.25, -0.2) is 19.7 Å². The summed E-state index contributed by atoms with van der Waals surface area (Å²) in [5.41, 5.74) is 0.0477. The van der Waals surface area contributed by atoms with Crippen LogP contribution in [0.1, 0.15) is 36.0 Å². The number of pyridine rings is 1. The van der Waals surface area contributed by atoms with Crippen LogP contribution in [0.3, 0.4) is 0 Å². The Morgan fingerprint density at radius 2 is 2.08 bits per heavy atom. The van der Waals surface area contributed by atoms with Gasteiger partial charge in [0.15, 0.2) is 16.6 Å². The Balaban J connectivity index is 2.34. The van der Waals surface area contributed by atoms with Gasteiger partial charge in [0.05, 0.1) is 6.54 Å². The zero-order chi connectivity index (χ0) is 17.9. The Kier molecular flexibility index (Phi) is 5.79. The quantitative estimate of drug-likeness (QED) is 0.566. The number of carbonyl (C=O) groups is 2. The van der Waals surface area contributed by atoms with Gasteiger partial charge in [-0.2, -0.15) is 0 Å². The summed E-state index contributed by atoms with van der Waals surface area (Å²) in [6, 6.07) is 3.36. The molecule has 2 rings (SSSR count). The van der Waals surface area contributed by atoms with Crippen LogP contribution in [-0.4, -0.2) is 27.9 Å². The van der Waals surface area contributed by atoms with E-state index in [1.54, 1.807) is 39.1 Å². The summed E-state index contributed by atoms with van der Waals surface area (Å²) in [5.74, 6) is 0. The third-order valence-corrected chi connectivity index (χ3v) is 4.31. The molecule has 6 nitrogen and oxygen atoms in total. The second-order valence-electron chi connectivity index (χ2n) is 5.83. The van der Waals surface area contributed by atoms with Crippen molar-refractivity contribution in [1.29, 1.82) is 0 Å². The highest BCUT2D eigenvalue weighted by Crippen LogP contribution is 2.30. The van der Waals surface area contributed by atoms with Crippen LogP contribution < -0.4 is 4.90 Å². The smallest absolute Gasteiger partial charge is 0.416 e. The van der Waals surface area contributed by atoms with Gasteiger partial charge in [0, 0.05) is 6.20 Å². The van der Waals surface area contributed by atoms with Gasteiger partial charge in [-0.15, -0.1) is 0 Å². The molecule has 0 aromatic carbocycles. The molecule has 1 amide bonds. The number of rotatable bonds is 4. The number of amides is 1. The fourth-order valence-corrected chi connectivity index (χ4v) is 2.86. The van der Waals surface area contributed by atoms with Crippen LogP contribution in [0.25, 0.3) is 0 Å². The number of carbonyl (C=O) groups excluding carboxylic acids is 2. The molecule has 0 fully saturated rings. The Labute approximate surface area is 153 Å². The third-order valence-electron chi connectivity index (χ3n) is 2.68. The van der Waals surface area contributed by atoms with Gasteiger partial charge in [0.1, 0.15) is 15.6 Å². The molecule has 0 atom stereocenters. The lowest BCUT2D eigenvalue weighted by molar-refractivity contribution is 0.0577. The number of thiazole rings is 1. The fraction of sp³-hybridized carbons (Fsp3) is 0.333. The van der Waals surface area contributed by atoms with Crippen molar-refractivity contribution in [3.05, 3.63) is 39.1 Å². The topological polar surface area (TPSA) is 72.4 Å². The second kappa shape index (κ2) is 7.46. The molecular weight excluding hydrogens is 373 g/mol. The maximum atomic E-state index is 12.5. The highest BCUT2D eigenvalue weighted by Gasteiger charge is 2.27. The third kappa shape index (κ3) is 4.90. The van der Waals surface area contributed by atoms with E-state index in [4.69, 9.17) is 27.9 Å². The largest absolute Gasteiger partial charge is 0.443 e. The molecule has 0 saturated heterocycles. The van der Waals surface area contributed by atoms with Crippen LogP contribution in [0.4, 0.5) is 9.93 Å². The molecule has 24 heavy (non-hydrogen) atoms. The standard InChI is InChI=1S/C15H15Cl2N3O3S/c1-15(2,3)23-14(22)20(7-9-4-5-11(16)18-6-9)13-19-12(17)10(8-21)24-13/h4-6,8H,7H2,1-3H3. The predicted octanol–water partition coefficient (Wildman–Crippen LogP) is 4.60. The fourth-order valence-electron chi connectivity index (χ4n) is 1.70. The molecule has 2 heterocycles. The molecular formula is C15H15Cl2N3O3S. The summed E-state index contributed by atoms with van der Waals surface area (Å²) >= 11 is 12.7. The number of aldehydes is 1. The van der Waals surface area contributed by atoms with Crippen molar-refractivity contribution in [2.45, 2.75) is 32.9 Å². The molecule has 9 heteroatoms. The van der Waals surface area contributed by atoms with Gasteiger partial charge in [-0.3, -0.25) is 4.79 Å². The molecule has 0 unspecified atom stereocenters. The van der Waals surface area contributed by atoms with E-state index >= 15 is 0 Å². The lowest BCUT2D eigenvalue weighted by Gasteiger charge is -2.25. The first kappa shape index (κ1) is 18.6. The monoisotopic (exact) mass is 387 g/mol. The first-order chi connectivity index (χ1) is 11.2. The Morgan fingerprint density at radius 3 is 2.58 bits per heavy atom. The van der Waals surface area contributed by atoms with Crippen LogP contribution >= 0.6 is 34.5 Å². The van der Waals surface area contributed by atoms with E-state index < -0.39 is 11.7 Å². The Bertz CT molecular complexity index is 741. The van der Waals surface area contributed by atoms with E-state index in [0.29, 0.717) is 11.4 Å². The molecule has 0 radical (unpaired) electrons. The first-order valence-corrected chi connectivity index (χ1v) is 8.49. The number of ether oxygens (including phenoxy) is 1. The van der Waals surface area contributed by atoms with Crippen molar-refractivity contribution in [3.8, 4) is 0 Å². The normalized spacial score (nSPS) is 11.2. The molecule has 2 aromatic heterocycles. The lowest BCUT2D eigenvalue weighted by Crippen LogP contribution is -2.36. The van der Waals surface area contributed by atoms with Gasteiger partial charge >= 0.3 is 6.09 Å². The van der Waals surface area contributed by atoms with Crippen molar-refractivity contribution < 1.29 is 14.3 Å². The first-order valence-electron chi connectivity index (χ1n) is 6.92. The maximum absolute atomic E-state index is 12.5. The summed E-state index contributed by atoms with van der Waals surface area (Å²) in [4.78, 5) is 33.1. The van der Waals surface area contributed by atoms with Crippen molar-refractivity contribution in [1.82, 2.24) is 9.97 Å². The summed E-state index contributed by atoms with van der Waals surface area (Å²) in [5, 5.41) is 0.669. The number of nitrogens with zero attached hydrogens (tertiary/aromatic N) is 3. The molecule has 0 aliphatic rings. The molecule has 128 valence electrons. The van der Waals surface area contributed by atoms with Crippen LogP contribution in [-0.2, 0) is 11.3 Å². The van der Waals surface area contributed by atoms with E-state index in [2.05, 4.69) is 9.97 Å². The number of aromatic nitrogens is 2. The van der Waals surface area contributed by atoms with Crippen molar-refractivity contribution >= 4 is 52.0 Å². The van der Waals surface area contributed by atoms with E-state index in [0.717, 1.165) is 16.9 Å². The summed E-state index contributed by atoms with van der Waals surface area (Å²) in [6.07, 6.45) is 1.55. The molecule has 0 saturated carbocycles. The SMILES string of the molecule is CC(C)(C)OC(=O)N(Cc1ccc(Cl)nc1)c1nc(Cl)c(C=O)s1. The number of hydrogen-bond donors (Lipinski definition) is 0. The van der Waals surface area contributed by atoms with E-state index in [1.165, 1.54) is 4.90 Å². The minimum Gasteiger partial charge on any atom is -0.443 e. The summed E-state index contributed by atoms with van der Waals surface area (Å²) in [7, 11) is 0. The van der Waals surface area contributed by atoms with Crippen molar-refractivity contribution in [3.63, 3.8) is 0 Å². The second-order valence-corrected chi connectivity index (χ2v) is 7.58. The van der Waals surface area contributed by atoms with Crippen LogP contribution in [0, 0.1) is 0 Å². The van der Waals surface area contributed by atoms with Crippen LogP contribution in [0.15, 0.2) is 18.3 Å². The van der Waals surface area contributed by atoms with E-state index in [9.17, 15) is 9.59 Å². The Morgan fingerprint density at radius 1 is 1.38 bits per heavy atom. The van der Waals surface area contributed by atoms with Gasteiger partial charge in [0.2, 0.25) is 0 Å². The van der Waals surface area contributed by atoms with E-state index in [-0.39, 0.29) is 21.7 Å². The predicted molar refractivity (Wildman–Crippen MR) is 94.2 cm³/mol. The summed E-state index contributed by atoms with van der Waals surface area (Å²) in [6.45, 7) is 5.44. The molecule has 0 aliphatic heterocycles. The molecule has 0 spiro atoms. The minimum atomic E-state index is -0.678. The molecule has 0 N–H and O–H groups in total. The number of hydrogen-bond acceptors (Lipinski definition) is 6. The van der Waals surface area contributed by atoms with Gasteiger partial charge < -0.3 is 4.74 Å². The number of halogens is 2. The van der Waals surface area contributed by atoms with E-state index in [1.807, 2.05) is 0 Å². The van der Waals surface area contributed by atoms with Crippen LogP contribution in [0.5, 0.6) is 0 Å². The maximum Gasteiger partial charge on any atom is 0.416 e. The van der Waals surface area contributed by atoms with Gasteiger partial charge in [-0.1, -0.05) is 40.6 Å². The zero-order valence-electron chi connectivity index (χ0n) is 13.2. The molecule has 2 aromatic rings. The zero-order valence-corrected chi connectivity index (χ0v) is 15.6. The average Bonchev–Trinajstić information content (AvgIpc) is 2.85. The van der Waals surface area contributed by atoms with Crippen molar-refractivity contribution in [2.75, 3.05) is 4.90 Å². The highest BCUT2D eigenvalue weighted by atomic mass is 35.5. The minimum absolute atomic E-state index is 0.0489. The lowest BCUT2D eigenvalue weighted by atomic mass is 10.2. The Hall–Kier alpha value is -1.70. The van der Waals surface area contributed by atoms with Crippen molar-refractivity contribution in [2.24, 2.45) is 0 Å². The highest BCUT2D eigenvalue weighted by molar-refractivity contribution is 7.17.